The van der Waals surface area contributed by atoms with Gasteiger partial charge in [-0.1, -0.05) is 69.9 Å². The summed E-state index contributed by atoms with van der Waals surface area (Å²) >= 11 is 0. The summed E-state index contributed by atoms with van der Waals surface area (Å²) < 4.78 is 36.0. The van der Waals surface area contributed by atoms with Crippen molar-refractivity contribution >= 4 is 23.9 Å². The Morgan fingerprint density at radius 1 is 0.966 bits per heavy atom. The lowest BCUT2D eigenvalue weighted by Crippen LogP contribution is -2.59. The van der Waals surface area contributed by atoms with Gasteiger partial charge in [-0.2, -0.15) is 0 Å². The SMILES string of the molecule is CCCCCC1(CCCCC)OC2C=C(C(=O)NC(CO)CCC(=O)OC(C)(C)C)CC(OC(=O)c3ccccc3C=CCOC3OC(CO)C(O)C(O)C3O)C2O1. The molecule has 1 aliphatic carbocycles. The van der Waals surface area contributed by atoms with Gasteiger partial charge >= 0.3 is 11.9 Å². The highest BCUT2D eigenvalue weighted by molar-refractivity contribution is 5.95. The zero-order chi connectivity index (χ0) is 42.5. The molecule has 2 heterocycles. The molecule has 2 aliphatic heterocycles. The van der Waals surface area contributed by atoms with E-state index < -0.39 is 97.5 Å². The van der Waals surface area contributed by atoms with Gasteiger partial charge in [-0.15, -0.1) is 0 Å². The van der Waals surface area contributed by atoms with Crippen molar-refractivity contribution in [1.82, 2.24) is 5.32 Å². The van der Waals surface area contributed by atoms with Crippen molar-refractivity contribution in [1.29, 1.82) is 0 Å². The fraction of sp³-hybridized carbons (Fsp3) is 0.698. The highest BCUT2D eigenvalue weighted by Crippen LogP contribution is 2.43. The highest BCUT2D eigenvalue weighted by Gasteiger charge is 2.52. The van der Waals surface area contributed by atoms with Gasteiger partial charge in [0.25, 0.3) is 0 Å². The minimum Gasteiger partial charge on any atom is -0.460 e. The number of unbranched alkanes of at least 4 members (excludes halogenated alkanes) is 4. The number of hydrogen-bond acceptors (Lipinski definition) is 14. The number of amides is 1. The summed E-state index contributed by atoms with van der Waals surface area (Å²) in [5, 5.41) is 52.8. The molecule has 0 spiro atoms. The van der Waals surface area contributed by atoms with Crippen LogP contribution in [0.4, 0.5) is 0 Å². The van der Waals surface area contributed by atoms with Gasteiger partial charge < -0.3 is 59.3 Å². The largest absolute Gasteiger partial charge is 0.460 e. The Bertz CT molecular complexity index is 1530. The van der Waals surface area contributed by atoms with Crippen molar-refractivity contribution < 1.29 is 68.3 Å². The van der Waals surface area contributed by atoms with Crippen LogP contribution in [0.1, 0.15) is 121 Å². The fourth-order valence-corrected chi connectivity index (χ4v) is 7.33. The molecule has 0 radical (unpaired) electrons. The van der Waals surface area contributed by atoms with Crippen LogP contribution in [-0.2, 0) is 38.0 Å². The molecule has 9 unspecified atom stereocenters. The second kappa shape index (κ2) is 22.4. The Kier molecular flexibility index (Phi) is 18.3. The normalized spacial score (nSPS) is 27.4. The van der Waals surface area contributed by atoms with Gasteiger partial charge in [0.2, 0.25) is 5.91 Å². The van der Waals surface area contributed by atoms with E-state index in [0.29, 0.717) is 24.0 Å². The van der Waals surface area contributed by atoms with Crippen LogP contribution in [0, 0.1) is 0 Å². The van der Waals surface area contributed by atoms with Crippen LogP contribution in [0.15, 0.2) is 42.0 Å². The van der Waals surface area contributed by atoms with E-state index >= 15 is 0 Å². The molecule has 1 aromatic rings. The van der Waals surface area contributed by atoms with Crippen molar-refractivity contribution in [3.05, 3.63) is 53.1 Å². The van der Waals surface area contributed by atoms with Gasteiger partial charge in [0.05, 0.1) is 31.4 Å². The van der Waals surface area contributed by atoms with E-state index in [1.165, 1.54) is 0 Å². The first-order valence-electron chi connectivity index (χ1n) is 20.7. The van der Waals surface area contributed by atoms with E-state index in [4.69, 9.17) is 28.4 Å². The van der Waals surface area contributed by atoms with Gasteiger partial charge in [-0.3, -0.25) is 9.59 Å². The lowest BCUT2D eigenvalue weighted by molar-refractivity contribution is -0.298. The first kappa shape index (κ1) is 47.4. The van der Waals surface area contributed by atoms with Crippen LogP contribution in [0.25, 0.3) is 6.08 Å². The third kappa shape index (κ3) is 13.4. The lowest BCUT2D eigenvalue weighted by Gasteiger charge is -2.39. The maximum absolute atomic E-state index is 14.0. The minimum atomic E-state index is -1.58. The Labute approximate surface area is 341 Å². The topological polar surface area (TPSA) is 220 Å². The predicted molar refractivity (Wildman–Crippen MR) is 212 cm³/mol. The van der Waals surface area contributed by atoms with Crippen LogP contribution < -0.4 is 5.32 Å². The summed E-state index contributed by atoms with van der Waals surface area (Å²) in [6.45, 7) is 8.43. The zero-order valence-electron chi connectivity index (χ0n) is 34.5. The number of aliphatic hydroxyl groups excluding tert-OH is 5. The molecule has 0 bridgehead atoms. The van der Waals surface area contributed by atoms with Crippen LogP contribution >= 0.6 is 0 Å². The number of nitrogens with one attached hydrogen (secondary N) is 1. The standard InChI is InChI=1S/C43H65NO14/c1-6-8-12-20-43(21-13-9-7-2)56-32-24-28(39(51)44-29(25-45)18-19-34(47)57-42(3,4)5)23-31(38(32)58-43)54-40(52)30-17-11-10-15-27(30)16-14-22-53-41-37(50)36(49)35(48)33(26-46)55-41/h10-11,14-17,24,29,31-33,35-38,41,45-46,48-50H,6-9,12-13,18-23,25-26H2,1-5H3,(H,44,51). The molecular formula is C43H65NO14. The maximum Gasteiger partial charge on any atom is 0.339 e. The van der Waals surface area contributed by atoms with E-state index in [-0.39, 0.29) is 31.4 Å². The van der Waals surface area contributed by atoms with E-state index in [1.54, 1.807) is 63.3 Å². The average Bonchev–Trinajstić information content (AvgIpc) is 3.56. The number of rotatable bonds is 21. The number of aliphatic hydroxyl groups is 5. The number of esters is 2. The van der Waals surface area contributed by atoms with E-state index in [0.717, 1.165) is 38.5 Å². The van der Waals surface area contributed by atoms with E-state index in [2.05, 4.69) is 19.2 Å². The first-order valence-corrected chi connectivity index (χ1v) is 20.7. The predicted octanol–water partition coefficient (Wildman–Crippen LogP) is 3.61. The molecule has 0 aromatic heterocycles. The van der Waals surface area contributed by atoms with Crippen LogP contribution in [-0.4, -0.2) is 130 Å². The smallest absolute Gasteiger partial charge is 0.339 e. The molecule has 6 N–H and O–H groups in total. The molecular weight excluding hydrogens is 754 g/mol. The van der Waals surface area contributed by atoms with Crippen molar-refractivity contribution in [2.75, 3.05) is 19.8 Å². The summed E-state index contributed by atoms with van der Waals surface area (Å²) in [5.41, 5.74) is 0.342. The molecule has 15 heteroatoms. The second-order valence-corrected chi connectivity index (χ2v) is 16.3. The van der Waals surface area contributed by atoms with Gasteiger partial charge in [0.15, 0.2) is 12.1 Å². The molecule has 4 rings (SSSR count). The quantitative estimate of drug-likeness (QED) is 0.0772. The fourth-order valence-electron chi connectivity index (χ4n) is 7.33. The molecule has 0 saturated carbocycles. The van der Waals surface area contributed by atoms with Crippen molar-refractivity contribution in [2.45, 2.75) is 172 Å². The third-order valence-corrected chi connectivity index (χ3v) is 10.4. The summed E-state index contributed by atoms with van der Waals surface area (Å²) in [7, 11) is 0. The van der Waals surface area contributed by atoms with E-state index in [9.17, 15) is 39.9 Å². The van der Waals surface area contributed by atoms with Gasteiger partial charge in [-0.05, 0) is 57.7 Å². The number of fused-ring (bicyclic) bond motifs is 1. The summed E-state index contributed by atoms with van der Waals surface area (Å²) in [6, 6.07) is 6.01. The molecule has 1 amide bonds. The zero-order valence-corrected chi connectivity index (χ0v) is 34.5. The minimum absolute atomic E-state index is 0.00448. The molecule has 326 valence electrons. The van der Waals surface area contributed by atoms with E-state index in [1.807, 2.05) is 0 Å². The second-order valence-electron chi connectivity index (χ2n) is 16.3. The Hall–Kier alpha value is -3.25. The van der Waals surface area contributed by atoms with Gasteiger partial charge in [0, 0.05) is 31.3 Å². The number of ether oxygens (including phenoxy) is 6. The molecule has 15 nitrogen and oxygen atoms in total. The summed E-state index contributed by atoms with van der Waals surface area (Å²) in [5.74, 6) is -2.51. The third-order valence-electron chi connectivity index (χ3n) is 10.4. The summed E-state index contributed by atoms with van der Waals surface area (Å²) in [4.78, 5) is 40.2. The lowest BCUT2D eigenvalue weighted by atomic mass is 9.91. The Morgan fingerprint density at radius 2 is 1.66 bits per heavy atom. The van der Waals surface area contributed by atoms with Crippen molar-refractivity contribution in [2.24, 2.45) is 0 Å². The highest BCUT2D eigenvalue weighted by atomic mass is 16.8. The number of carbonyl (C=O) groups excluding carboxylic acids is 3. The number of benzene rings is 1. The average molecular weight is 820 g/mol. The van der Waals surface area contributed by atoms with Gasteiger partial charge in [0.1, 0.15) is 48.3 Å². The van der Waals surface area contributed by atoms with Crippen LogP contribution in [0.5, 0.6) is 0 Å². The van der Waals surface area contributed by atoms with Crippen molar-refractivity contribution in [3.8, 4) is 0 Å². The molecule has 3 aliphatic rings. The van der Waals surface area contributed by atoms with Crippen LogP contribution in [0.3, 0.4) is 0 Å². The Balaban J connectivity index is 1.52. The van der Waals surface area contributed by atoms with Crippen molar-refractivity contribution in [3.63, 3.8) is 0 Å². The molecule has 9 atom stereocenters. The molecule has 2 saturated heterocycles. The Morgan fingerprint density at radius 3 is 2.29 bits per heavy atom. The molecule has 2 fully saturated rings. The number of carbonyl (C=O) groups is 3. The maximum atomic E-state index is 14.0. The van der Waals surface area contributed by atoms with Crippen LogP contribution in [0.2, 0.25) is 0 Å². The monoisotopic (exact) mass is 819 g/mol. The first-order chi connectivity index (χ1) is 27.6. The molecule has 1 aromatic carbocycles. The summed E-state index contributed by atoms with van der Waals surface area (Å²) in [6.07, 6.45) is 2.73. The molecule has 58 heavy (non-hydrogen) atoms. The number of hydrogen-bond donors (Lipinski definition) is 6. The van der Waals surface area contributed by atoms with Gasteiger partial charge in [-0.25, -0.2) is 4.79 Å².